The summed E-state index contributed by atoms with van der Waals surface area (Å²) >= 11 is 0. The van der Waals surface area contributed by atoms with Gasteiger partial charge in [0.2, 0.25) is 0 Å². The van der Waals surface area contributed by atoms with Crippen molar-refractivity contribution in [1.29, 1.82) is 0 Å². The fourth-order valence-electron chi connectivity index (χ4n) is 1.42. The first-order chi connectivity index (χ1) is 7.61. The highest BCUT2D eigenvalue weighted by atomic mass is 16.4. The summed E-state index contributed by atoms with van der Waals surface area (Å²) in [6.07, 6.45) is 1.19. The minimum absolute atomic E-state index is 1.05. The summed E-state index contributed by atoms with van der Waals surface area (Å²) in [5, 5.41) is 18.1. The highest BCUT2D eigenvalue weighted by Crippen LogP contribution is 2.11. The van der Waals surface area contributed by atoms with Gasteiger partial charge in [-0.05, 0) is 24.1 Å². The molecule has 1 aliphatic heterocycles. The summed E-state index contributed by atoms with van der Waals surface area (Å²) in [6.45, 7) is 2.19. The number of fused-ring (bicyclic) bond motifs is 1. The molecule has 5 heteroatoms. The van der Waals surface area contributed by atoms with Gasteiger partial charge in [0.05, 0.1) is 0 Å². The van der Waals surface area contributed by atoms with Crippen molar-refractivity contribution in [2.45, 2.75) is 13.0 Å². The number of benzene rings is 1. The molecule has 0 saturated heterocycles. The fraction of sp³-hybridized carbons (Fsp3) is 0.273. The van der Waals surface area contributed by atoms with Crippen molar-refractivity contribution in [3.05, 3.63) is 35.4 Å². The van der Waals surface area contributed by atoms with E-state index < -0.39 is 11.9 Å². The molecule has 1 aromatic rings. The van der Waals surface area contributed by atoms with E-state index in [1.807, 2.05) is 0 Å². The molecule has 3 N–H and O–H groups in total. The number of aliphatic carboxylic acids is 2. The summed E-state index contributed by atoms with van der Waals surface area (Å²) in [6, 6.07) is 8.63. The lowest BCUT2D eigenvalue weighted by Crippen LogP contribution is -2.23. The first-order valence-electron chi connectivity index (χ1n) is 4.85. The van der Waals surface area contributed by atoms with Crippen LogP contribution in [0.15, 0.2) is 24.3 Å². The largest absolute Gasteiger partial charge is 0.473 e. The maximum atomic E-state index is 9.10. The van der Waals surface area contributed by atoms with Crippen LogP contribution in [0.2, 0.25) is 0 Å². The van der Waals surface area contributed by atoms with E-state index in [0.29, 0.717) is 0 Å². The molecule has 0 spiro atoms. The maximum absolute atomic E-state index is 9.10. The van der Waals surface area contributed by atoms with Gasteiger partial charge in [0.25, 0.3) is 0 Å². The number of carboxylic acid groups (broad SMARTS) is 2. The van der Waals surface area contributed by atoms with Gasteiger partial charge in [-0.1, -0.05) is 24.3 Å². The average Bonchev–Trinajstić information content (AvgIpc) is 2.30. The molecular formula is C11H13NO4. The van der Waals surface area contributed by atoms with Gasteiger partial charge in [0.1, 0.15) is 0 Å². The van der Waals surface area contributed by atoms with Crippen molar-refractivity contribution in [2.75, 3.05) is 6.54 Å². The van der Waals surface area contributed by atoms with Crippen LogP contribution in [0.5, 0.6) is 0 Å². The van der Waals surface area contributed by atoms with Crippen LogP contribution in [-0.2, 0) is 22.6 Å². The van der Waals surface area contributed by atoms with Crippen molar-refractivity contribution >= 4 is 11.9 Å². The Labute approximate surface area is 92.7 Å². The topological polar surface area (TPSA) is 86.6 Å². The molecule has 1 aliphatic rings. The molecule has 0 radical (unpaired) electrons. The molecule has 86 valence electrons. The molecule has 0 aromatic heterocycles. The number of nitrogens with one attached hydrogen (secondary N) is 1. The van der Waals surface area contributed by atoms with E-state index in [2.05, 4.69) is 29.6 Å². The monoisotopic (exact) mass is 223 g/mol. The van der Waals surface area contributed by atoms with Gasteiger partial charge in [-0.15, -0.1) is 0 Å². The molecule has 2 rings (SSSR count). The van der Waals surface area contributed by atoms with Gasteiger partial charge >= 0.3 is 11.9 Å². The minimum atomic E-state index is -1.82. The van der Waals surface area contributed by atoms with Crippen molar-refractivity contribution in [3.8, 4) is 0 Å². The molecule has 0 atom stereocenters. The van der Waals surface area contributed by atoms with Gasteiger partial charge in [-0.2, -0.15) is 0 Å². The summed E-state index contributed by atoms with van der Waals surface area (Å²) in [5.74, 6) is -3.65. The summed E-state index contributed by atoms with van der Waals surface area (Å²) < 4.78 is 0. The van der Waals surface area contributed by atoms with Crippen LogP contribution >= 0.6 is 0 Å². The van der Waals surface area contributed by atoms with Crippen LogP contribution in [0.1, 0.15) is 11.1 Å². The van der Waals surface area contributed by atoms with E-state index >= 15 is 0 Å². The van der Waals surface area contributed by atoms with Crippen LogP contribution in [-0.4, -0.2) is 28.7 Å². The maximum Gasteiger partial charge on any atom is 0.414 e. The van der Waals surface area contributed by atoms with Gasteiger partial charge in [-0.25, -0.2) is 9.59 Å². The SMILES string of the molecule is O=C(O)C(=O)O.c1ccc2c(c1)CCNC2. The quantitative estimate of drug-likeness (QED) is 0.557. The lowest BCUT2D eigenvalue weighted by Gasteiger charge is -2.15. The van der Waals surface area contributed by atoms with Crippen LogP contribution in [0.4, 0.5) is 0 Å². The van der Waals surface area contributed by atoms with Crippen LogP contribution in [0.3, 0.4) is 0 Å². The third kappa shape index (κ3) is 3.70. The Hall–Kier alpha value is -1.88. The van der Waals surface area contributed by atoms with Gasteiger partial charge in [-0.3, -0.25) is 0 Å². The normalized spacial score (nSPS) is 13.0. The molecule has 0 aliphatic carbocycles. The van der Waals surface area contributed by atoms with Crippen molar-refractivity contribution in [1.82, 2.24) is 5.32 Å². The summed E-state index contributed by atoms with van der Waals surface area (Å²) in [5.41, 5.74) is 2.98. The Morgan fingerprint density at radius 3 is 2.12 bits per heavy atom. The van der Waals surface area contributed by atoms with Crippen LogP contribution in [0, 0.1) is 0 Å². The van der Waals surface area contributed by atoms with E-state index in [0.717, 1.165) is 13.1 Å². The Bertz CT molecular complexity index is 352. The van der Waals surface area contributed by atoms with E-state index in [1.54, 1.807) is 0 Å². The van der Waals surface area contributed by atoms with Gasteiger partial charge < -0.3 is 15.5 Å². The molecule has 0 bridgehead atoms. The Morgan fingerprint density at radius 2 is 1.62 bits per heavy atom. The smallest absolute Gasteiger partial charge is 0.414 e. The van der Waals surface area contributed by atoms with Crippen molar-refractivity contribution in [3.63, 3.8) is 0 Å². The molecular weight excluding hydrogens is 210 g/mol. The van der Waals surface area contributed by atoms with Crippen molar-refractivity contribution < 1.29 is 19.8 Å². The zero-order valence-electron chi connectivity index (χ0n) is 8.64. The molecule has 0 saturated carbocycles. The predicted octanol–water partition coefficient (Wildman–Crippen LogP) is 0.488. The van der Waals surface area contributed by atoms with E-state index in [4.69, 9.17) is 19.8 Å². The number of rotatable bonds is 0. The molecule has 16 heavy (non-hydrogen) atoms. The highest BCUT2D eigenvalue weighted by molar-refractivity contribution is 6.27. The summed E-state index contributed by atoms with van der Waals surface area (Å²) in [4.78, 5) is 18.2. The first-order valence-corrected chi connectivity index (χ1v) is 4.85. The molecule has 5 nitrogen and oxygen atoms in total. The summed E-state index contributed by atoms with van der Waals surface area (Å²) in [7, 11) is 0. The standard InChI is InChI=1S/C9H11N.C2H2O4/c1-2-4-9-7-10-6-5-8(9)3-1;3-1(4)2(5)6/h1-4,10H,5-7H2;(H,3,4)(H,5,6). The fourth-order valence-corrected chi connectivity index (χ4v) is 1.42. The lowest BCUT2D eigenvalue weighted by molar-refractivity contribution is -0.159. The minimum Gasteiger partial charge on any atom is -0.473 e. The number of carboxylic acids is 2. The zero-order valence-corrected chi connectivity index (χ0v) is 8.64. The van der Waals surface area contributed by atoms with Gasteiger partial charge in [0.15, 0.2) is 0 Å². The average molecular weight is 223 g/mol. The molecule has 1 heterocycles. The second-order valence-electron chi connectivity index (χ2n) is 3.31. The Kier molecular flexibility index (Phi) is 4.47. The van der Waals surface area contributed by atoms with E-state index in [-0.39, 0.29) is 0 Å². The highest BCUT2D eigenvalue weighted by Gasteiger charge is 2.05. The second kappa shape index (κ2) is 5.87. The molecule has 1 aromatic carbocycles. The molecule has 0 amide bonds. The second-order valence-corrected chi connectivity index (χ2v) is 3.31. The molecule has 0 fully saturated rings. The van der Waals surface area contributed by atoms with E-state index in [9.17, 15) is 0 Å². The molecule has 0 unspecified atom stereocenters. The van der Waals surface area contributed by atoms with Crippen LogP contribution < -0.4 is 5.32 Å². The number of carbonyl (C=O) groups is 2. The number of hydrogen-bond acceptors (Lipinski definition) is 3. The predicted molar refractivity (Wildman–Crippen MR) is 57.1 cm³/mol. The van der Waals surface area contributed by atoms with Crippen LogP contribution in [0.25, 0.3) is 0 Å². The third-order valence-corrected chi connectivity index (χ3v) is 2.19. The van der Waals surface area contributed by atoms with E-state index in [1.165, 1.54) is 17.5 Å². The zero-order chi connectivity index (χ0) is 12.0. The first kappa shape index (κ1) is 12.2. The Morgan fingerprint density at radius 1 is 1.06 bits per heavy atom. The number of hydrogen-bond donors (Lipinski definition) is 3. The lowest BCUT2D eigenvalue weighted by atomic mass is 10.0. The third-order valence-electron chi connectivity index (χ3n) is 2.19. The van der Waals surface area contributed by atoms with Gasteiger partial charge in [0, 0.05) is 6.54 Å². The Balaban J connectivity index is 0.000000187. The van der Waals surface area contributed by atoms with Crippen molar-refractivity contribution in [2.24, 2.45) is 0 Å².